The van der Waals surface area contributed by atoms with E-state index in [1.807, 2.05) is 22.6 Å². The van der Waals surface area contributed by atoms with E-state index in [-0.39, 0.29) is 11.3 Å². The van der Waals surface area contributed by atoms with Crippen molar-refractivity contribution in [2.45, 2.75) is 6.92 Å². The smallest absolute Gasteiger partial charge is 0.339 e. The number of aryl methyl sites for hydroxylation is 1. The van der Waals surface area contributed by atoms with Crippen LogP contribution < -0.4 is 0 Å². The molecular weight excluding hydrogens is 313 g/mol. The van der Waals surface area contributed by atoms with E-state index in [9.17, 15) is 14.9 Å². The van der Waals surface area contributed by atoms with E-state index < -0.39 is 10.9 Å². The molecule has 0 N–H and O–H groups in total. The van der Waals surface area contributed by atoms with Gasteiger partial charge in [-0.05, 0) is 35.1 Å². The highest BCUT2D eigenvalue weighted by atomic mass is 127. The Morgan fingerprint density at radius 3 is 2.60 bits per heavy atom. The first-order valence-corrected chi connectivity index (χ1v) is 5.08. The first-order chi connectivity index (χ1) is 6.97. The Bertz CT molecular complexity index is 430. The third-order valence-corrected chi connectivity index (χ3v) is 3.29. The van der Waals surface area contributed by atoms with Crippen molar-refractivity contribution in [1.29, 1.82) is 0 Å². The fourth-order valence-electron chi connectivity index (χ4n) is 1.11. The number of ether oxygens (including phenoxy) is 1. The van der Waals surface area contributed by atoms with Crippen LogP contribution in [0.5, 0.6) is 0 Å². The van der Waals surface area contributed by atoms with Gasteiger partial charge in [-0.1, -0.05) is 0 Å². The minimum atomic E-state index is -0.564. The molecule has 0 saturated heterocycles. The van der Waals surface area contributed by atoms with Gasteiger partial charge in [0.05, 0.1) is 17.6 Å². The Labute approximate surface area is 99.7 Å². The number of nitrogens with zero attached hydrogens (tertiary/aromatic N) is 1. The summed E-state index contributed by atoms with van der Waals surface area (Å²) in [6, 6.07) is 2.65. The maximum Gasteiger partial charge on any atom is 0.339 e. The molecule has 0 fully saturated rings. The average Bonchev–Trinajstić information content (AvgIpc) is 2.20. The largest absolute Gasteiger partial charge is 0.465 e. The van der Waals surface area contributed by atoms with Gasteiger partial charge in [-0.15, -0.1) is 0 Å². The highest BCUT2D eigenvalue weighted by molar-refractivity contribution is 14.1. The molecule has 5 nitrogen and oxygen atoms in total. The van der Waals surface area contributed by atoms with Crippen LogP contribution in [-0.2, 0) is 4.74 Å². The Kier molecular flexibility index (Phi) is 3.61. The van der Waals surface area contributed by atoms with Crippen molar-refractivity contribution >= 4 is 34.2 Å². The lowest BCUT2D eigenvalue weighted by molar-refractivity contribution is -0.384. The highest BCUT2D eigenvalue weighted by Crippen LogP contribution is 2.24. The minimum Gasteiger partial charge on any atom is -0.465 e. The molecule has 1 rings (SSSR count). The van der Waals surface area contributed by atoms with Gasteiger partial charge in [-0.2, -0.15) is 0 Å². The van der Waals surface area contributed by atoms with Crippen LogP contribution in [0, 0.1) is 20.6 Å². The quantitative estimate of drug-likeness (QED) is 0.363. The van der Waals surface area contributed by atoms with E-state index in [0.717, 1.165) is 0 Å². The van der Waals surface area contributed by atoms with E-state index in [0.29, 0.717) is 9.13 Å². The number of esters is 1. The van der Waals surface area contributed by atoms with Crippen LogP contribution in [0.25, 0.3) is 0 Å². The predicted molar refractivity (Wildman–Crippen MR) is 61.9 cm³/mol. The van der Waals surface area contributed by atoms with Crippen LogP contribution in [-0.4, -0.2) is 18.0 Å². The Hall–Kier alpha value is -1.18. The van der Waals surface area contributed by atoms with Gasteiger partial charge in [0.25, 0.3) is 5.69 Å². The average molecular weight is 321 g/mol. The van der Waals surface area contributed by atoms with Crippen LogP contribution in [0.1, 0.15) is 15.9 Å². The van der Waals surface area contributed by atoms with Gasteiger partial charge in [0.1, 0.15) is 0 Å². The summed E-state index contributed by atoms with van der Waals surface area (Å²) in [5, 5.41) is 10.6. The number of nitro benzene ring substituents is 1. The highest BCUT2D eigenvalue weighted by Gasteiger charge is 2.18. The molecule has 0 saturated carbocycles. The van der Waals surface area contributed by atoms with Crippen LogP contribution in [0.3, 0.4) is 0 Å². The standard InChI is InChI=1S/C9H8INO4/c1-5-3-6(11(13)14)4-7(8(5)10)9(12)15-2/h3-4H,1-2H3. The van der Waals surface area contributed by atoms with Crippen molar-refractivity contribution in [3.63, 3.8) is 0 Å². The molecule has 0 aliphatic carbocycles. The molecule has 0 atom stereocenters. The lowest BCUT2D eigenvalue weighted by atomic mass is 10.1. The van der Waals surface area contributed by atoms with E-state index in [1.165, 1.54) is 19.2 Å². The summed E-state index contributed by atoms with van der Waals surface area (Å²) in [6.45, 7) is 1.71. The molecule has 0 spiro atoms. The molecule has 80 valence electrons. The Morgan fingerprint density at radius 2 is 2.13 bits per heavy atom. The zero-order valence-corrected chi connectivity index (χ0v) is 10.3. The second-order valence-electron chi connectivity index (χ2n) is 2.87. The third kappa shape index (κ3) is 2.44. The van der Waals surface area contributed by atoms with Crippen molar-refractivity contribution in [3.8, 4) is 0 Å². The molecule has 0 aliphatic heterocycles. The van der Waals surface area contributed by atoms with Gasteiger partial charge in [0, 0.05) is 15.7 Å². The minimum absolute atomic E-state index is 0.103. The lowest BCUT2D eigenvalue weighted by Gasteiger charge is -2.05. The monoisotopic (exact) mass is 321 g/mol. The molecule has 0 aliphatic rings. The molecule has 6 heteroatoms. The number of hydrogen-bond donors (Lipinski definition) is 0. The fraction of sp³-hybridized carbons (Fsp3) is 0.222. The summed E-state index contributed by atoms with van der Waals surface area (Å²) < 4.78 is 5.21. The van der Waals surface area contributed by atoms with Crippen molar-refractivity contribution in [3.05, 3.63) is 36.9 Å². The van der Waals surface area contributed by atoms with Crippen LogP contribution >= 0.6 is 22.6 Å². The molecule has 0 unspecified atom stereocenters. The van der Waals surface area contributed by atoms with Gasteiger partial charge in [0.2, 0.25) is 0 Å². The maximum atomic E-state index is 11.3. The molecule has 0 radical (unpaired) electrons. The van der Waals surface area contributed by atoms with Crippen LogP contribution in [0.2, 0.25) is 0 Å². The summed E-state index contributed by atoms with van der Waals surface area (Å²) in [4.78, 5) is 21.4. The molecule has 15 heavy (non-hydrogen) atoms. The van der Waals surface area contributed by atoms with E-state index >= 15 is 0 Å². The molecule has 0 aromatic heterocycles. The summed E-state index contributed by atoms with van der Waals surface area (Å²) in [7, 11) is 1.24. The van der Waals surface area contributed by atoms with Gasteiger partial charge in [0.15, 0.2) is 0 Å². The van der Waals surface area contributed by atoms with Gasteiger partial charge >= 0.3 is 5.97 Å². The summed E-state index contributed by atoms with van der Waals surface area (Å²) in [6.07, 6.45) is 0. The van der Waals surface area contributed by atoms with Crippen molar-refractivity contribution in [1.82, 2.24) is 0 Å². The van der Waals surface area contributed by atoms with Crippen molar-refractivity contribution in [2.75, 3.05) is 7.11 Å². The third-order valence-electron chi connectivity index (χ3n) is 1.86. The van der Waals surface area contributed by atoms with Crippen molar-refractivity contribution in [2.24, 2.45) is 0 Å². The van der Waals surface area contributed by atoms with Crippen LogP contribution in [0.15, 0.2) is 12.1 Å². The summed E-state index contributed by atoms with van der Waals surface area (Å²) in [5.74, 6) is -0.564. The summed E-state index contributed by atoms with van der Waals surface area (Å²) in [5.41, 5.74) is 0.809. The number of carbonyl (C=O) groups is 1. The number of benzene rings is 1. The number of carbonyl (C=O) groups excluding carboxylic acids is 1. The Morgan fingerprint density at radius 1 is 1.53 bits per heavy atom. The first kappa shape index (κ1) is 11.9. The Balaban J connectivity index is 3.37. The SMILES string of the molecule is COC(=O)c1cc([N+](=O)[O-])cc(C)c1I. The molecule has 0 amide bonds. The molecule has 1 aromatic rings. The molecule has 0 bridgehead atoms. The second-order valence-corrected chi connectivity index (χ2v) is 3.95. The lowest BCUT2D eigenvalue weighted by Crippen LogP contribution is -2.06. The van der Waals surface area contributed by atoms with Gasteiger partial charge < -0.3 is 4.74 Å². The number of non-ortho nitro benzene ring substituents is 1. The normalized spacial score (nSPS) is 9.80. The molecule has 1 aromatic carbocycles. The molecular formula is C9H8INO4. The zero-order valence-electron chi connectivity index (χ0n) is 8.11. The van der Waals surface area contributed by atoms with Gasteiger partial charge in [-0.3, -0.25) is 10.1 Å². The van der Waals surface area contributed by atoms with Crippen molar-refractivity contribution < 1.29 is 14.5 Å². The number of rotatable bonds is 2. The zero-order chi connectivity index (χ0) is 11.6. The fourth-order valence-corrected chi connectivity index (χ4v) is 1.65. The van der Waals surface area contributed by atoms with Gasteiger partial charge in [-0.25, -0.2) is 4.79 Å². The number of methoxy groups -OCH3 is 1. The maximum absolute atomic E-state index is 11.3. The van der Waals surface area contributed by atoms with E-state index in [1.54, 1.807) is 6.92 Å². The second kappa shape index (κ2) is 4.56. The van der Waals surface area contributed by atoms with Crippen LogP contribution in [0.4, 0.5) is 5.69 Å². The summed E-state index contributed by atoms with van der Waals surface area (Å²) >= 11 is 1.96. The molecule has 0 heterocycles. The van der Waals surface area contributed by atoms with E-state index in [4.69, 9.17) is 0 Å². The first-order valence-electron chi connectivity index (χ1n) is 4.00. The predicted octanol–water partition coefficient (Wildman–Crippen LogP) is 2.29. The number of hydrogen-bond acceptors (Lipinski definition) is 4. The number of halogens is 1. The van der Waals surface area contributed by atoms with E-state index in [2.05, 4.69) is 4.74 Å². The number of nitro groups is 1. The topological polar surface area (TPSA) is 69.4 Å².